The third-order valence-electron chi connectivity index (χ3n) is 8.77. The summed E-state index contributed by atoms with van der Waals surface area (Å²) in [6.07, 6.45) is 1.60. The molecule has 3 aromatic carbocycles. The predicted molar refractivity (Wildman–Crippen MR) is 181 cm³/mol. The summed E-state index contributed by atoms with van der Waals surface area (Å²) in [6, 6.07) is 15.5. The molecular formula is C35H39ClF5N3O6S. The number of nitrogens with one attached hydrogen (secondary N) is 1. The Balaban J connectivity index is 0.000000755. The van der Waals surface area contributed by atoms with Crippen molar-refractivity contribution in [2.75, 3.05) is 19.7 Å². The van der Waals surface area contributed by atoms with Gasteiger partial charge >= 0.3 is 12.1 Å². The zero-order valence-electron chi connectivity index (χ0n) is 27.4. The average molecular weight is 760 g/mol. The molecule has 0 radical (unpaired) electrons. The Labute approximate surface area is 298 Å². The number of amides is 1. The largest absolute Gasteiger partial charge is 0.493 e. The van der Waals surface area contributed by atoms with E-state index in [0.717, 1.165) is 18.4 Å². The number of carbonyl (C=O) groups excluding carboxylic acids is 1. The summed E-state index contributed by atoms with van der Waals surface area (Å²) in [5, 5.41) is 7.67. The van der Waals surface area contributed by atoms with Crippen LogP contribution >= 0.6 is 11.6 Å². The molecule has 16 heteroatoms. The highest BCUT2D eigenvalue weighted by atomic mass is 35.5. The van der Waals surface area contributed by atoms with Crippen LogP contribution in [0.5, 0.6) is 5.75 Å². The fraction of sp³-hybridized carbons (Fsp3) is 0.429. The first-order valence-corrected chi connectivity index (χ1v) is 18.2. The van der Waals surface area contributed by atoms with Crippen LogP contribution in [0.1, 0.15) is 50.5 Å². The van der Waals surface area contributed by atoms with E-state index >= 15 is 8.78 Å². The van der Waals surface area contributed by atoms with Gasteiger partial charge in [-0.3, -0.25) is 4.79 Å². The van der Waals surface area contributed by atoms with Crippen molar-refractivity contribution < 1.29 is 49.8 Å². The second-order valence-electron chi connectivity index (χ2n) is 12.5. The molecule has 3 aromatic rings. The Hall–Kier alpha value is -3.79. The van der Waals surface area contributed by atoms with E-state index in [9.17, 15) is 26.4 Å². The molecule has 1 amide bonds. The number of nitrogens with two attached hydrogens (primary N) is 1. The number of benzene rings is 3. The number of ether oxygens (including phenoxy) is 1. The van der Waals surface area contributed by atoms with E-state index in [0.29, 0.717) is 41.7 Å². The lowest BCUT2D eigenvalue weighted by atomic mass is 9.90. The van der Waals surface area contributed by atoms with Crippen LogP contribution in [0.3, 0.4) is 0 Å². The Morgan fingerprint density at radius 1 is 0.863 bits per heavy atom. The number of sulfonamides is 1. The number of likely N-dealkylation sites (tertiary alicyclic amines) is 1. The number of alkyl halides is 5. The fourth-order valence-corrected chi connectivity index (χ4v) is 7.10. The van der Waals surface area contributed by atoms with E-state index < -0.39 is 45.6 Å². The van der Waals surface area contributed by atoms with Crippen LogP contribution in [-0.4, -0.2) is 68.3 Å². The van der Waals surface area contributed by atoms with Crippen molar-refractivity contribution in [3.05, 3.63) is 83.4 Å². The summed E-state index contributed by atoms with van der Waals surface area (Å²) in [4.78, 5) is 23.5. The third-order valence-corrected chi connectivity index (χ3v) is 10.5. The molecule has 2 aliphatic rings. The lowest BCUT2D eigenvalue weighted by Crippen LogP contribution is -2.57. The molecule has 1 aliphatic carbocycles. The zero-order chi connectivity index (χ0) is 37.4. The highest BCUT2D eigenvalue weighted by Crippen LogP contribution is 2.36. The van der Waals surface area contributed by atoms with Crippen molar-refractivity contribution in [2.24, 2.45) is 11.7 Å². The smallest absolute Gasteiger partial charge is 0.490 e. The third kappa shape index (κ3) is 11.1. The van der Waals surface area contributed by atoms with Crippen molar-refractivity contribution in [1.82, 2.24) is 9.62 Å². The maximum absolute atomic E-state index is 16.2. The first-order valence-electron chi connectivity index (χ1n) is 16.3. The molecule has 1 heterocycles. The Morgan fingerprint density at radius 3 is 1.88 bits per heavy atom. The Morgan fingerprint density at radius 2 is 1.37 bits per heavy atom. The number of hydrogen-bond donors (Lipinski definition) is 3. The van der Waals surface area contributed by atoms with Crippen LogP contribution in [0.2, 0.25) is 5.02 Å². The SMILES string of the molecule is NC1CCN(C(=O)[C@H](NS(=O)(=O)c2ccc(OCC3CCCCC3)cc2)C(F)(F)c2ccc(-c3ccc(Cl)cc3)cc2)CC1.O=C(O)C(F)(F)F. The summed E-state index contributed by atoms with van der Waals surface area (Å²) >= 11 is 5.96. The number of aliphatic carboxylic acids is 1. The van der Waals surface area contributed by atoms with E-state index in [1.54, 1.807) is 24.3 Å². The lowest BCUT2D eigenvalue weighted by molar-refractivity contribution is -0.192. The maximum Gasteiger partial charge on any atom is 0.490 e. The van der Waals surface area contributed by atoms with Gasteiger partial charge in [0.2, 0.25) is 15.9 Å². The number of hydrogen-bond acceptors (Lipinski definition) is 6. The molecule has 5 rings (SSSR count). The maximum atomic E-state index is 16.2. The van der Waals surface area contributed by atoms with Crippen molar-refractivity contribution in [3.63, 3.8) is 0 Å². The monoisotopic (exact) mass is 759 g/mol. The minimum Gasteiger partial charge on any atom is -0.493 e. The minimum absolute atomic E-state index is 0.144. The molecule has 278 valence electrons. The van der Waals surface area contributed by atoms with Crippen LogP contribution in [0, 0.1) is 5.92 Å². The van der Waals surface area contributed by atoms with Crippen molar-refractivity contribution in [2.45, 2.75) is 74.0 Å². The van der Waals surface area contributed by atoms with E-state index in [1.165, 1.54) is 72.7 Å². The molecule has 9 nitrogen and oxygen atoms in total. The van der Waals surface area contributed by atoms with Gasteiger partial charge in [0.15, 0.2) is 6.04 Å². The highest BCUT2D eigenvalue weighted by molar-refractivity contribution is 7.89. The summed E-state index contributed by atoms with van der Waals surface area (Å²) in [6.45, 7) is 0.872. The summed E-state index contributed by atoms with van der Waals surface area (Å²) in [5.41, 5.74) is 6.91. The molecule has 1 saturated heterocycles. The number of carboxylic acid groups (broad SMARTS) is 1. The van der Waals surface area contributed by atoms with Gasteiger partial charge in [-0.15, -0.1) is 0 Å². The number of carbonyl (C=O) groups is 2. The number of carboxylic acids is 1. The fourth-order valence-electron chi connectivity index (χ4n) is 5.78. The van der Waals surface area contributed by atoms with E-state index in [1.807, 2.05) is 0 Å². The summed E-state index contributed by atoms with van der Waals surface area (Å²) in [7, 11) is -4.52. The molecule has 51 heavy (non-hydrogen) atoms. The quantitative estimate of drug-likeness (QED) is 0.190. The molecule has 1 saturated carbocycles. The molecular weight excluding hydrogens is 721 g/mol. The van der Waals surface area contributed by atoms with Gasteiger partial charge in [-0.2, -0.15) is 26.7 Å². The minimum atomic E-state index is -5.08. The van der Waals surface area contributed by atoms with Gasteiger partial charge in [-0.1, -0.05) is 67.3 Å². The van der Waals surface area contributed by atoms with Crippen molar-refractivity contribution in [3.8, 4) is 16.9 Å². The van der Waals surface area contributed by atoms with Gasteiger partial charge in [0, 0.05) is 29.7 Å². The van der Waals surface area contributed by atoms with Gasteiger partial charge in [0.1, 0.15) is 5.75 Å². The first kappa shape index (κ1) is 40.0. The topological polar surface area (TPSA) is 139 Å². The van der Waals surface area contributed by atoms with E-state index in [2.05, 4.69) is 4.72 Å². The second kappa shape index (κ2) is 17.2. The van der Waals surface area contributed by atoms with Crippen LogP contribution in [-0.2, 0) is 25.5 Å². The van der Waals surface area contributed by atoms with Gasteiger partial charge < -0.3 is 20.5 Å². The summed E-state index contributed by atoms with van der Waals surface area (Å²) in [5.74, 6) is -6.66. The lowest BCUT2D eigenvalue weighted by Gasteiger charge is -2.35. The Bertz CT molecular complexity index is 1710. The predicted octanol–water partition coefficient (Wildman–Crippen LogP) is 6.99. The van der Waals surface area contributed by atoms with Gasteiger partial charge in [-0.05, 0) is 79.1 Å². The molecule has 4 N–H and O–H groups in total. The van der Waals surface area contributed by atoms with Gasteiger partial charge in [0.05, 0.1) is 11.5 Å². The number of piperidine rings is 1. The van der Waals surface area contributed by atoms with Crippen LogP contribution in [0.15, 0.2) is 77.7 Å². The molecule has 0 aromatic heterocycles. The standard InChI is InChI=1S/C33H38ClF2N3O4S.C2HF3O2/c34-27-12-8-25(9-13-27)24-6-10-26(11-7-24)33(35,36)31(32(40)39-20-18-28(37)19-21-39)38-44(41,42)30-16-14-29(15-17-30)43-22-23-4-2-1-3-5-23;3-2(4,5)1(6)7/h6-17,23,28,31,38H,1-5,18-22,37H2;(H,6,7)/t31-;/m0./s1. The van der Waals surface area contributed by atoms with Crippen molar-refractivity contribution in [1.29, 1.82) is 0 Å². The number of nitrogens with zero attached hydrogens (tertiary/aromatic N) is 1. The van der Waals surface area contributed by atoms with Crippen LogP contribution in [0.25, 0.3) is 11.1 Å². The normalized spacial score (nSPS) is 16.9. The summed E-state index contributed by atoms with van der Waals surface area (Å²) < 4.78 is 99.1. The van der Waals surface area contributed by atoms with Gasteiger partial charge in [-0.25, -0.2) is 13.2 Å². The van der Waals surface area contributed by atoms with Crippen LogP contribution in [0.4, 0.5) is 22.0 Å². The first-order chi connectivity index (χ1) is 24.0. The molecule has 1 aliphatic heterocycles. The number of halogens is 6. The van der Waals surface area contributed by atoms with E-state index in [4.69, 9.17) is 32.0 Å². The molecule has 1 atom stereocenters. The molecule has 0 unspecified atom stereocenters. The molecule has 0 bridgehead atoms. The van der Waals surface area contributed by atoms with Crippen molar-refractivity contribution >= 4 is 33.5 Å². The average Bonchev–Trinajstić information content (AvgIpc) is 3.10. The number of rotatable bonds is 10. The van der Waals surface area contributed by atoms with E-state index in [-0.39, 0.29) is 24.0 Å². The highest BCUT2D eigenvalue weighted by Gasteiger charge is 2.50. The second-order valence-corrected chi connectivity index (χ2v) is 14.7. The zero-order valence-corrected chi connectivity index (χ0v) is 29.0. The Kier molecular flexibility index (Phi) is 13.4. The van der Waals surface area contributed by atoms with Gasteiger partial charge in [0.25, 0.3) is 5.92 Å². The molecule has 2 fully saturated rings. The van der Waals surface area contributed by atoms with Crippen LogP contribution < -0.4 is 15.2 Å². The molecule has 0 spiro atoms.